The van der Waals surface area contributed by atoms with E-state index in [1.807, 2.05) is 38.1 Å². The molecule has 0 radical (unpaired) electrons. The zero-order valence-electron chi connectivity index (χ0n) is 13.4. The second kappa shape index (κ2) is 6.16. The van der Waals surface area contributed by atoms with Crippen LogP contribution in [0.3, 0.4) is 0 Å². The lowest BCUT2D eigenvalue weighted by Crippen LogP contribution is -2.15. The average Bonchev–Trinajstić information content (AvgIpc) is 2.86. The van der Waals surface area contributed by atoms with Gasteiger partial charge in [-0.2, -0.15) is 0 Å². The Kier molecular flexibility index (Phi) is 4.69. The maximum atomic E-state index is 6.36. The Labute approximate surface area is 131 Å². The average molecular weight is 304 g/mol. The molecule has 1 aromatic carbocycles. The lowest BCUT2D eigenvalue weighted by molar-refractivity contribution is 0.242. The molecule has 2 N–H and O–H groups in total. The quantitative estimate of drug-likeness (QED) is 0.917. The van der Waals surface area contributed by atoms with Gasteiger partial charge in [0.25, 0.3) is 0 Å². The Morgan fingerprint density at radius 1 is 1.24 bits per heavy atom. The van der Waals surface area contributed by atoms with Crippen LogP contribution in [0.2, 0.25) is 0 Å². The molecule has 0 saturated carbocycles. The van der Waals surface area contributed by atoms with Crippen LogP contribution >= 0.6 is 11.3 Å². The van der Waals surface area contributed by atoms with Gasteiger partial charge in [-0.05, 0) is 31.5 Å². The zero-order chi connectivity index (χ0) is 15.6. The predicted molar refractivity (Wildman–Crippen MR) is 89.1 cm³/mol. The van der Waals surface area contributed by atoms with Crippen LogP contribution in [0.5, 0.6) is 5.75 Å². The van der Waals surface area contributed by atoms with Gasteiger partial charge in [-0.15, -0.1) is 11.3 Å². The smallest absolute Gasteiger partial charge is 0.120 e. The molecule has 0 amide bonds. The predicted octanol–water partition coefficient (Wildman–Crippen LogP) is 4.28. The number of rotatable bonds is 4. The van der Waals surface area contributed by atoms with Crippen molar-refractivity contribution in [2.24, 2.45) is 5.73 Å². The molecule has 4 heteroatoms. The minimum Gasteiger partial charge on any atom is -0.491 e. The molecule has 0 fully saturated rings. The maximum absolute atomic E-state index is 6.36. The molecule has 1 atom stereocenters. The molecule has 114 valence electrons. The van der Waals surface area contributed by atoms with Gasteiger partial charge in [-0.25, -0.2) is 4.98 Å². The molecule has 2 rings (SSSR count). The number of nitrogens with two attached hydrogens (primary N) is 1. The van der Waals surface area contributed by atoms with E-state index >= 15 is 0 Å². The van der Waals surface area contributed by atoms with Crippen LogP contribution in [0, 0.1) is 0 Å². The van der Waals surface area contributed by atoms with E-state index in [1.54, 1.807) is 11.3 Å². The molecule has 0 bridgehead atoms. The van der Waals surface area contributed by atoms with Crippen LogP contribution in [0.4, 0.5) is 0 Å². The monoisotopic (exact) mass is 304 g/mol. The number of hydrogen-bond acceptors (Lipinski definition) is 4. The SMILES string of the molecule is CC(C)Oc1cccc(C(N)c2nc(C(C)(C)C)cs2)c1. The molecule has 21 heavy (non-hydrogen) atoms. The molecule has 0 spiro atoms. The second-order valence-electron chi connectivity index (χ2n) is 6.54. The standard InChI is InChI=1S/C17H24N2OS/c1-11(2)20-13-8-6-7-12(9-13)15(18)16-19-14(10-21-16)17(3,4)5/h6-11,15H,18H2,1-5H3. The minimum absolute atomic E-state index is 0.0527. The summed E-state index contributed by atoms with van der Waals surface area (Å²) in [5, 5.41) is 3.05. The number of benzene rings is 1. The molecular weight excluding hydrogens is 280 g/mol. The fourth-order valence-electron chi connectivity index (χ4n) is 1.97. The third-order valence-electron chi connectivity index (χ3n) is 3.15. The van der Waals surface area contributed by atoms with Crippen molar-refractivity contribution in [3.8, 4) is 5.75 Å². The van der Waals surface area contributed by atoms with Gasteiger partial charge < -0.3 is 10.5 Å². The number of nitrogens with zero attached hydrogens (tertiary/aromatic N) is 1. The number of thiazole rings is 1. The fraction of sp³-hybridized carbons (Fsp3) is 0.471. The van der Waals surface area contributed by atoms with Crippen molar-refractivity contribution in [1.82, 2.24) is 4.98 Å². The van der Waals surface area contributed by atoms with E-state index in [-0.39, 0.29) is 17.6 Å². The summed E-state index contributed by atoms with van der Waals surface area (Å²) in [4.78, 5) is 4.70. The van der Waals surface area contributed by atoms with Gasteiger partial charge in [0, 0.05) is 10.8 Å². The van der Waals surface area contributed by atoms with Gasteiger partial charge in [0.2, 0.25) is 0 Å². The van der Waals surface area contributed by atoms with E-state index in [4.69, 9.17) is 15.5 Å². The lowest BCUT2D eigenvalue weighted by Gasteiger charge is -2.15. The first-order valence-corrected chi connectivity index (χ1v) is 8.13. The van der Waals surface area contributed by atoms with Crippen LogP contribution in [-0.4, -0.2) is 11.1 Å². The van der Waals surface area contributed by atoms with Crippen LogP contribution < -0.4 is 10.5 Å². The van der Waals surface area contributed by atoms with Gasteiger partial charge in [0.15, 0.2) is 0 Å². The first-order chi connectivity index (χ1) is 9.77. The number of aromatic nitrogens is 1. The molecule has 2 aromatic rings. The topological polar surface area (TPSA) is 48.1 Å². The highest BCUT2D eigenvalue weighted by atomic mass is 32.1. The molecule has 0 aliphatic rings. The summed E-state index contributed by atoms with van der Waals surface area (Å²) in [6, 6.07) is 7.75. The van der Waals surface area contributed by atoms with E-state index < -0.39 is 0 Å². The molecule has 0 aliphatic carbocycles. The largest absolute Gasteiger partial charge is 0.491 e. The molecule has 1 heterocycles. The van der Waals surface area contributed by atoms with Crippen molar-refractivity contribution < 1.29 is 4.74 Å². The normalized spacial score (nSPS) is 13.5. The van der Waals surface area contributed by atoms with E-state index in [0.717, 1.165) is 22.0 Å². The summed E-state index contributed by atoms with van der Waals surface area (Å²) >= 11 is 1.62. The molecule has 0 aliphatic heterocycles. The van der Waals surface area contributed by atoms with Gasteiger partial charge in [0.05, 0.1) is 17.8 Å². The highest BCUT2D eigenvalue weighted by molar-refractivity contribution is 7.09. The van der Waals surface area contributed by atoms with E-state index in [2.05, 4.69) is 26.2 Å². The lowest BCUT2D eigenvalue weighted by atomic mass is 9.93. The fourth-order valence-corrected chi connectivity index (χ4v) is 3.04. The Hall–Kier alpha value is -1.39. The van der Waals surface area contributed by atoms with Crippen LogP contribution in [-0.2, 0) is 5.41 Å². The maximum Gasteiger partial charge on any atom is 0.120 e. The summed E-state index contributed by atoms with van der Waals surface area (Å²) in [6.07, 6.45) is 0.156. The van der Waals surface area contributed by atoms with Crippen LogP contribution in [0.15, 0.2) is 29.6 Å². The van der Waals surface area contributed by atoms with E-state index in [0.29, 0.717) is 0 Å². The number of ether oxygens (including phenoxy) is 1. The third kappa shape index (κ3) is 4.05. The van der Waals surface area contributed by atoms with Gasteiger partial charge >= 0.3 is 0 Å². The van der Waals surface area contributed by atoms with Crippen molar-refractivity contribution in [3.63, 3.8) is 0 Å². The third-order valence-corrected chi connectivity index (χ3v) is 4.07. The van der Waals surface area contributed by atoms with Crippen LogP contribution in [0.25, 0.3) is 0 Å². The van der Waals surface area contributed by atoms with Gasteiger partial charge in [-0.3, -0.25) is 0 Å². The number of hydrogen-bond donors (Lipinski definition) is 1. The highest BCUT2D eigenvalue weighted by Crippen LogP contribution is 2.30. The van der Waals surface area contributed by atoms with Gasteiger partial charge in [-0.1, -0.05) is 32.9 Å². The van der Waals surface area contributed by atoms with Gasteiger partial charge in [0.1, 0.15) is 10.8 Å². The Bertz CT molecular complexity index is 599. The zero-order valence-corrected chi connectivity index (χ0v) is 14.2. The molecule has 0 saturated heterocycles. The minimum atomic E-state index is -0.207. The summed E-state index contributed by atoms with van der Waals surface area (Å²) < 4.78 is 5.73. The van der Waals surface area contributed by atoms with Crippen LogP contribution in [0.1, 0.15) is 56.9 Å². The molecular formula is C17H24N2OS. The van der Waals surface area contributed by atoms with Crippen molar-refractivity contribution >= 4 is 11.3 Å². The summed E-state index contributed by atoms with van der Waals surface area (Å²) in [5.74, 6) is 0.852. The van der Waals surface area contributed by atoms with Crippen molar-refractivity contribution in [2.75, 3.05) is 0 Å². The first kappa shape index (κ1) is 16.0. The van der Waals surface area contributed by atoms with Crippen molar-refractivity contribution in [3.05, 3.63) is 45.9 Å². The summed E-state index contributed by atoms with van der Waals surface area (Å²) in [5.41, 5.74) is 8.54. The molecule has 1 unspecified atom stereocenters. The van der Waals surface area contributed by atoms with E-state index in [1.165, 1.54) is 0 Å². The Morgan fingerprint density at radius 3 is 2.52 bits per heavy atom. The first-order valence-electron chi connectivity index (χ1n) is 7.25. The molecule has 3 nitrogen and oxygen atoms in total. The van der Waals surface area contributed by atoms with Crippen molar-refractivity contribution in [2.45, 2.75) is 52.2 Å². The highest BCUT2D eigenvalue weighted by Gasteiger charge is 2.20. The summed E-state index contributed by atoms with van der Waals surface area (Å²) in [7, 11) is 0. The Balaban J connectivity index is 2.23. The molecule has 1 aromatic heterocycles. The van der Waals surface area contributed by atoms with E-state index in [9.17, 15) is 0 Å². The second-order valence-corrected chi connectivity index (χ2v) is 7.43. The summed E-state index contributed by atoms with van der Waals surface area (Å²) in [6.45, 7) is 10.5. The van der Waals surface area contributed by atoms with Crippen molar-refractivity contribution in [1.29, 1.82) is 0 Å². The Morgan fingerprint density at radius 2 is 1.95 bits per heavy atom.